The van der Waals surface area contributed by atoms with Gasteiger partial charge in [-0.05, 0) is 49.6 Å². The highest BCUT2D eigenvalue weighted by atomic mass is 19.1. The molecule has 1 heterocycles. The van der Waals surface area contributed by atoms with Crippen LogP contribution in [0.5, 0.6) is 0 Å². The highest BCUT2D eigenvalue weighted by molar-refractivity contribution is 5.95. The summed E-state index contributed by atoms with van der Waals surface area (Å²) in [6.45, 7) is 4.02. The molecule has 2 rings (SSSR count). The van der Waals surface area contributed by atoms with Crippen molar-refractivity contribution < 1.29 is 4.39 Å². The Morgan fingerprint density at radius 2 is 2.21 bits per heavy atom. The van der Waals surface area contributed by atoms with Gasteiger partial charge in [-0.3, -0.25) is 10.3 Å². The van der Waals surface area contributed by atoms with Gasteiger partial charge in [-0.1, -0.05) is 13.3 Å². The monoisotopic (exact) mass is 263 g/mol. The molecule has 0 aliphatic carbocycles. The van der Waals surface area contributed by atoms with E-state index >= 15 is 0 Å². The third-order valence-corrected chi connectivity index (χ3v) is 3.87. The number of piperidine rings is 1. The van der Waals surface area contributed by atoms with Crippen molar-refractivity contribution in [3.63, 3.8) is 0 Å². The Balaban J connectivity index is 2.15. The zero-order chi connectivity index (χ0) is 13.8. The van der Waals surface area contributed by atoms with Crippen molar-refractivity contribution in [2.75, 3.05) is 6.54 Å². The third kappa shape index (κ3) is 3.53. The van der Waals surface area contributed by atoms with Crippen LogP contribution in [0.4, 0.5) is 4.39 Å². The number of rotatable bonds is 4. The normalized spacial score (nSPS) is 20.4. The number of nitrogens with one attached hydrogen (secondary N) is 1. The van der Waals surface area contributed by atoms with E-state index in [1.807, 2.05) is 6.07 Å². The van der Waals surface area contributed by atoms with Crippen molar-refractivity contribution in [2.45, 2.75) is 45.2 Å². The molecular weight excluding hydrogens is 241 g/mol. The molecule has 1 fully saturated rings. The molecule has 4 heteroatoms. The fourth-order valence-corrected chi connectivity index (χ4v) is 2.86. The van der Waals surface area contributed by atoms with Gasteiger partial charge < -0.3 is 5.73 Å². The van der Waals surface area contributed by atoms with E-state index in [0.29, 0.717) is 11.6 Å². The molecule has 1 atom stereocenters. The lowest BCUT2D eigenvalue weighted by atomic mass is 9.99. The van der Waals surface area contributed by atoms with Gasteiger partial charge in [0.05, 0.1) is 0 Å². The molecule has 0 radical (unpaired) electrons. The molecule has 1 aliphatic rings. The van der Waals surface area contributed by atoms with Gasteiger partial charge in [0.2, 0.25) is 0 Å². The molecule has 0 amide bonds. The molecule has 1 saturated heterocycles. The Morgan fingerprint density at radius 3 is 2.89 bits per heavy atom. The fourth-order valence-electron chi connectivity index (χ4n) is 2.86. The molecule has 1 aliphatic heterocycles. The Hall–Kier alpha value is -1.42. The van der Waals surface area contributed by atoms with Crippen LogP contribution in [0.1, 0.15) is 43.7 Å². The first-order valence-corrected chi connectivity index (χ1v) is 6.98. The molecular formula is C15H22FN3. The van der Waals surface area contributed by atoms with Crippen LogP contribution in [0.2, 0.25) is 0 Å². The predicted octanol–water partition coefficient (Wildman–Crippen LogP) is 2.87. The number of amidine groups is 1. The van der Waals surface area contributed by atoms with Gasteiger partial charge in [-0.2, -0.15) is 0 Å². The smallest absolute Gasteiger partial charge is 0.124 e. The minimum Gasteiger partial charge on any atom is -0.384 e. The standard InChI is InChI=1S/C15H22FN3/c1-2-14-5-3-4-6-19(14)10-11-7-12(15(17)18)9-13(16)8-11/h7-9,14H,2-6,10H2,1H3,(H3,17,18). The van der Waals surface area contributed by atoms with Gasteiger partial charge in [0.15, 0.2) is 0 Å². The van der Waals surface area contributed by atoms with Crippen molar-refractivity contribution in [1.29, 1.82) is 5.41 Å². The van der Waals surface area contributed by atoms with E-state index in [0.717, 1.165) is 25.1 Å². The second-order valence-corrected chi connectivity index (χ2v) is 5.29. The molecule has 19 heavy (non-hydrogen) atoms. The van der Waals surface area contributed by atoms with Crippen LogP contribution in [0.25, 0.3) is 0 Å². The van der Waals surface area contributed by atoms with Crippen molar-refractivity contribution in [3.8, 4) is 0 Å². The number of hydrogen-bond acceptors (Lipinski definition) is 2. The Morgan fingerprint density at radius 1 is 1.42 bits per heavy atom. The van der Waals surface area contributed by atoms with Crippen LogP contribution in [-0.4, -0.2) is 23.3 Å². The number of nitrogens with two attached hydrogens (primary N) is 1. The first kappa shape index (κ1) is 14.0. The van der Waals surface area contributed by atoms with Crippen LogP contribution >= 0.6 is 0 Å². The number of benzene rings is 1. The maximum atomic E-state index is 13.6. The van der Waals surface area contributed by atoms with Crippen LogP contribution in [-0.2, 0) is 6.54 Å². The van der Waals surface area contributed by atoms with Crippen molar-refractivity contribution >= 4 is 5.84 Å². The van der Waals surface area contributed by atoms with Crippen LogP contribution in [0.15, 0.2) is 18.2 Å². The third-order valence-electron chi connectivity index (χ3n) is 3.87. The van der Waals surface area contributed by atoms with Gasteiger partial charge in [0, 0.05) is 18.2 Å². The summed E-state index contributed by atoms with van der Waals surface area (Å²) < 4.78 is 13.6. The van der Waals surface area contributed by atoms with E-state index in [1.54, 1.807) is 6.07 Å². The van der Waals surface area contributed by atoms with E-state index < -0.39 is 0 Å². The predicted molar refractivity (Wildman–Crippen MR) is 75.8 cm³/mol. The van der Waals surface area contributed by atoms with E-state index in [2.05, 4.69) is 11.8 Å². The van der Waals surface area contributed by atoms with Crippen molar-refractivity contribution in [3.05, 3.63) is 35.1 Å². The molecule has 3 N–H and O–H groups in total. The van der Waals surface area contributed by atoms with E-state index in [4.69, 9.17) is 11.1 Å². The number of likely N-dealkylation sites (tertiary alicyclic amines) is 1. The van der Waals surface area contributed by atoms with Gasteiger partial charge in [0.25, 0.3) is 0 Å². The summed E-state index contributed by atoms with van der Waals surface area (Å²) in [5.74, 6) is -0.390. The summed E-state index contributed by atoms with van der Waals surface area (Å²) in [7, 11) is 0. The molecule has 0 saturated carbocycles. The maximum Gasteiger partial charge on any atom is 0.124 e. The van der Waals surface area contributed by atoms with Gasteiger partial charge >= 0.3 is 0 Å². The van der Waals surface area contributed by atoms with Crippen molar-refractivity contribution in [1.82, 2.24) is 4.90 Å². The lowest BCUT2D eigenvalue weighted by molar-refractivity contribution is 0.136. The summed E-state index contributed by atoms with van der Waals surface area (Å²) in [6.07, 6.45) is 4.86. The molecule has 1 aromatic rings. The fraction of sp³-hybridized carbons (Fsp3) is 0.533. The Kier molecular flexibility index (Phi) is 4.53. The SMILES string of the molecule is CCC1CCCCN1Cc1cc(F)cc(C(=N)N)c1. The lowest BCUT2D eigenvalue weighted by Crippen LogP contribution is -2.38. The number of nitrogen functional groups attached to an aromatic ring is 1. The molecule has 1 aromatic carbocycles. The Labute approximate surface area is 114 Å². The van der Waals surface area contributed by atoms with Crippen LogP contribution < -0.4 is 5.73 Å². The first-order chi connectivity index (χ1) is 9.10. The Bertz CT molecular complexity index is 459. The zero-order valence-electron chi connectivity index (χ0n) is 11.5. The molecule has 0 bridgehead atoms. The highest BCUT2D eigenvalue weighted by Crippen LogP contribution is 2.22. The molecule has 3 nitrogen and oxygen atoms in total. The average molecular weight is 263 g/mol. The summed E-state index contributed by atoms with van der Waals surface area (Å²) >= 11 is 0. The first-order valence-electron chi connectivity index (χ1n) is 6.98. The van der Waals surface area contributed by atoms with Gasteiger partial charge in [-0.25, -0.2) is 4.39 Å². The largest absolute Gasteiger partial charge is 0.384 e. The molecule has 0 aromatic heterocycles. The average Bonchev–Trinajstić information content (AvgIpc) is 2.38. The molecule has 1 unspecified atom stereocenters. The van der Waals surface area contributed by atoms with Crippen LogP contribution in [0, 0.1) is 11.2 Å². The summed E-state index contributed by atoms with van der Waals surface area (Å²) in [4.78, 5) is 2.42. The van der Waals surface area contributed by atoms with Crippen LogP contribution in [0.3, 0.4) is 0 Å². The van der Waals surface area contributed by atoms with E-state index in [9.17, 15) is 4.39 Å². The van der Waals surface area contributed by atoms with E-state index in [-0.39, 0.29) is 11.7 Å². The number of hydrogen-bond donors (Lipinski definition) is 2. The van der Waals surface area contributed by atoms with Gasteiger partial charge in [-0.15, -0.1) is 0 Å². The minimum atomic E-state index is -0.312. The quantitative estimate of drug-likeness (QED) is 0.648. The summed E-state index contributed by atoms with van der Waals surface area (Å²) in [6, 6.07) is 5.29. The van der Waals surface area contributed by atoms with Gasteiger partial charge in [0.1, 0.15) is 11.7 Å². The molecule has 0 spiro atoms. The molecule has 104 valence electrons. The number of nitrogens with zero attached hydrogens (tertiary/aromatic N) is 1. The number of halogens is 1. The minimum absolute atomic E-state index is 0.0774. The second kappa shape index (κ2) is 6.15. The zero-order valence-corrected chi connectivity index (χ0v) is 11.5. The van der Waals surface area contributed by atoms with Crippen molar-refractivity contribution in [2.24, 2.45) is 5.73 Å². The maximum absolute atomic E-state index is 13.6. The topological polar surface area (TPSA) is 53.1 Å². The second-order valence-electron chi connectivity index (χ2n) is 5.29. The highest BCUT2D eigenvalue weighted by Gasteiger charge is 2.21. The summed E-state index contributed by atoms with van der Waals surface area (Å²) in [5, 5.41) is 7.42. The summed E-state index contributed by atoms with van der Waals surface area (Å²) in [5.41, 5.74) is 6.82. The van der Waals surface area contributed by atoms with E-state index in [1.165, 1.54) is 25.3 Å². The lowest BCUT2D eigenvalue weighted by Gasteiger charge is -2.35.